The van der Waals surface area contributed by atoms with E-state index in [1.807, 2.05) is 0 Å². The maximum absolute atomic E-state index is 6.54. The van der Waals surface area contributed by atoms with E-state index in [0.717, 1.165) is 21.9 Å². The molecule has 2 aliphatic carbocycles. The molecule has 0 amide bonds. The van der Waals surface area contributed by atoms with Crippen molar-refractivity contribution < 1.29 is 4.42 Å². The zero-order valence-corrected chi connectivity index (χ0v) is 25.7. The Kier molecular flexibility index (Phi) is 5.77. The number of fused-ring (bicyclic) bond motifs is 7. The fourth-order valence-electron chi connectivity index (χ4n) is 8.03. The Bertz CT molecular complexity index is 2620. The minimum Gasteiger partial charge on any atom is -0.456 e. The van der Waals surface area contributed by atoms with E-state index in [1.54, 1.807) is 0 Å². The lowest BCUT2D eigenvalue weighted by Gasteiger charge is -2.31. The van der Waals surface area contributed by atoms with E-state index in [0.29, 0.717) is 5.92 Å². The SMILES string of the molecule is C1=CC2C=C(c3ccccc3)C=CC2C(c2c3ccccc3c(-c3ccc4c(c3)oc3cc5ccccc5cc34)c3ccccc23)=C1. The second kappa shape index (κ2) is 10.3. The minimum atomic E-state index is 0.271. The smallest absolute Gasteiger partial charge is 0.136 e. The number of rotatable bonds is 3. The summed E-state index contributed by atoms with van der Waals surface area (Å²) in [5, 5.41) is 9.81. The molecule has 0 saturated heterocycles. The molecule has 10 rings (SSSR count). The number of hydrogen-bond acceptors (Lipinski definition) is 1. The fourth-order valence-corrected chi connectivity index (χ4v) is 8.03. The summed E-state index contributed by atoms with van der Waals surface area (Å²) in [6.45, 7) is 0. The van der Waals surface area contributed by atoms with Crippen LogP contribution in [-0.2, 0) is 0 Å². The first-order chi connectivity index (χ1) is 23.3. The van der Waals surface area contributed by atoms with E-state index in [1.165, 1.54) is 65.7 Å². The molecule has 0 bridgehead atoms. The lowest BCUT2D eigenvalue weighted by molar-refractivity contribution is 0.669. The largest absolute Gasteiger partial charge is 0.456 e. The van der Waals surface area contributed by atoms with Gasteiger partial charge in [-0.05, 0) is 90.0 Å². The Morgan fingerprint density at radius 3 is 1.85 bits per heavy atom. The number of hydrogen-bond donors (Lipinski definition) is 0. The van der Waals surface area contributed by atoms with E-state index >= 15 is 0 Å². The molecule has 220 valence electrons. The van der Waals surface area contributed by atoms with Crippen LogP contribution in [0.15, 0.2) is 174 Å². The van der Waals surface area contributed by atoms with Gasteiger partial charge in [-0.25, -0.2) is 0 Å². The Labute approximate surface area is 273 Å². The molecule has 47 heavy (non-hydrogen) atoms. The van der Waals surface area contributed by atoms with Crippen molar-refractivity contribution in [3.05, 3.63) is 181 Å². The highest BCUT2D eigenvalue weighted by atomic mass is 16.3. The van der Waals surface area contributed by atoms with Crippen molar-refractivity contribution >= 4 is 65.4 Å². The van der Waals surface area contributed by atoms with Gasteiger partial charge in [0, 0.05) is 22.6 Å². The van der Waals surface area contributed by atoms with Gasteiger partial charge in [0.05, 0.1) is 0 Å². The highest BCUT2D eigenvalue weighted by Crippen LogP contribution is 2.48. The summed E-state index contributed by atoms with van der Waals surface area (Å²) >= 11 is 0. The van der Waals surface area contributed by atoms with Crippen molar-refractivity contribution in [1.29, 1.82) is 0 Å². The monoisotopic (exact) mass is 598 g/mol. The molecule has 0 radical (unpaired) electrons. The molecule has 2 atom stereocenters. The van der Waals surface area contributed by atoms with E-state index in [2.05, 4.69) is 170 Å². The summed E-state index contributed by atoms with van der Waals surface area (Å²) in [6, 6.07) is 48.3. The molecule has 1 aromatic heterocycles. The summed E-state index contributed by atoms with van der Waals surface area (Å²) in [7, 11) is 0. The first-order valence-electron chi connectivity index (χ1n) is 16.4. The second-order valence-electron chi connectivity index (χ2n) is 12.8. The van der Waals surface area contributed by atoms with Crippen molar-refractivity contribution in [3.63, 3.8) is 0 Å². The highest BCUT2D eigenvalue weighted by molar-refractivity contribution is 6.20. The third-order valence-corrected chi connectivity index (χ3v) is 10.2. The number of benzene rings is 7. The maximum atomic E-state index is 6.54. The van der Waals surface area contributed by atoms with Crippen LogP contribution in [0.5, 0.6) is 0 Å². The van der Waals surface area contributed by atoms with Gasteiger partial charge < -0.3 is 4.42 Å². The van der Waals surface area contributed by atoms with E-state index < -0.39 is 0 Å². The summed E-state index contributed by atoms with van der Waals surface area (Å²) in [5.41, 5.74) is 9.52. The Morgan fingerprint density at radius 2 is 1.11 bits per heavy atom. The van der Waals surface area contributed by atoms with Crippen LogP contribution >= 0.6 is 0 Å². The second-order valence-corrected chi connectivity index (χ2v) is 12.8. The molecule has 0 saturated carbocycles. The fraction of sp³-hybridized carbons (Fsp3) is 0.0435. The van der Waals surface area contributed by atoms with Crippen molar-refractivity contribution in [2.45, 2.75) is 0 Å². The molecule has 0 N–H and O–H groups in total. The standard InChI is InChI=1S/C46H30O/c1-2-11-29(12-3-1)32-21-23-35-33(25-32)15-10-20-37(35)46-40-18-8-6-16-38(40)45(39-17-7-9-19-41(39)46)34-22-24-36-42-26-30-13-4-5-14-31(30)27-44(42)47-43(36)28-34/h1-28,33,35H. The molecule has 1 heteroatoms. The summed E-state index contributed by atoms with van der Waals surface area (Å²) in [5.74, 6) is 0.576. The number of allylic oxidation sites excluding steroid dienone is 8. The predicted octanol–water partition coefficient (Wildman–Crippen LogP) is 12.6. The molecule has 0 spiro atoms. The molecule has 8 aromatic rings. The average Bonchev–Trinajstić information content (AvgIpc) is 3.49. The van der Waals surface area contributed by atoms with Crippen molar-refractivity contribution in [2.24, 2.45) is 11.8 Å². The van der Waals surface area contributed by atoms with Crippen LogP contribution in [0.4, 0.5) is 0 Å². The first-order valence-corrected chi connectivity index (χ1v) is 16.4. The molecule has 2 aliphatic rings. The van der Waals surface area contributed by atoms with Crippen LogP contribution in [-0.4, -0.2) is 0 Å². The van der Waals surface area contributed by atoms with Gasteiger partial charge in [-0.2, -0.15) is 0 Å². The molecule has 1 heterocycles. The van der Waals surface area contributed by atoms with Crippen molar-refractivity contribution in [1.82, 2.24) is 0 Å². The molecular formula is C46H30O. The molecule has 2 unspecified atom stereocenters. The van der Waals surface area contributed by atoms with Gasteiger partial charge in [-0.1, -0.05) is 146 Å². The molecule has 1 nitrogen and oxygen atoms in total. The van der Waals surface area contributed by atoms with Crippen molar-refractivity contribution in [3.8, 4) is 11.1 Å². The van der Waals surface area contributed by atoms with Gasteiger partial charge in [-0.15, -0.1) is 0 Å². The Hall–Kier alpha value is -5.92. The van der Waals surface area contributed by atoms with E-state index in [-0.39, 0.29) is 5.92 Å². The lowest BCUT2D eigenvalue weighted by Crippen LogP contribution is -2.16. The molecule has 0 fully saturated rings. The maximum Gasteiger partial charge on any atom is 0.136 e. The molecular weight excluding hydrogens is 569 g/mol. The van der Waals surface area contributed by atoms with Crippen LogP contribution in [0.25, 0.3) is 76.5 Å². The quantitative estimate of drug-likeness (QED) is 0.184. The first kappa shape index (κ1) is 26.3. The number of furan rings is 1. The summed E-state index contributed by atoms with van der Waals surface area (Å²) < 4.78 is 6.54. The van der Waals surface area contributed by atoms with Gasteiger partial charge in [0.25, 0.3) is 0 Å². The topological polar surface area (TPSA) is 13.1 Å². The van der Waals surface area contributed by atoms with Gasteiger partial charge in [0.15, 0.2) is 0 Å². The summed E-state index contributed by atoms with van der Waals surface area (Å²) in [6.07, 6.45) is 14.1. The predicted molar refractivity (Wildman–Crippen MR) is 199 cm³/mol. The van der Waals surface area contributed by atoms with Crippen LogP contribution < -0.4 is 0 Å². The zero-order valence-electron chi connectivity index (χ0n) is 25.7. The van der Waals surface area contributed by atoms with Gasteiger partial charge in [0.2, 0.25) is 0 Å². The minimum absolute atomic E-state index is 0.271. The highest BCUT2D eigenvalue weighted by Gasteiger charge is 2.29. The third kappa shape index (κ3) is 4.10. The van der Waals surface area contributed by atoms with Crippen molar-refractivity contribution in [2.75, 3.05) is 0 Å². The Balaban J connectivity index is 1.16. The normalized spacial score (nSPS) is 17.4. The third-order valence-electron chi connectivity index (χ3n) is 10.2. The average molecular weight is 599 g/mol. The van der Waals surface area contributed by atoms with Gasteiger partial charge in [-0.3, -0.25) is 0 Å². The van der Waals surface area contributed by atoms with Crippen LogP contribution in [0.2, 0.25) is 0 Å². The molecule has 0 aliphatic heterocycles. The van der Waals surface area contributed by atoms with Crippen LogP contribution in [0, 0.1) is 11.8 Å². The van der Waals surface area contributed by atoms with Gasteiger partial charge in [0.1, 0.15) is 11.2 Å². The van der Waals surface area contributed by atoms with Gasteiger partial charge >= 0.3 is 0 Å². The summed E-state index contributed by atoms with van der Waals surface area (Å²) in [4.78, 5) is 0. The zero-order chi connectivity index (χ0) is 30.9. The van der Waals surface area contributed by atoms with E-state index in [4.69, 9.17) is 4.42 Å². The van der Waals surface area contributed by atoms with Crippen LogP contribution in [0.1, 0.15) is 11.1 Å². The lowest BCUT2D eigenvalue weighted by atomic mass is 9.73. The Morgan fingerprint density at radius 1 is 0.468 bits per heavy atom. The van der Waals surface area contributed by atoms with Crippen LogP contribution in [0.3, 0.4) is 0 Å². The van der Waals surface area contributed by atoms with E-state index in [9.17, 15) is 0 Å². The molecule has 7 aromatic carbocycles.